The van der Waals surface area contributed by atoms with Gasteiger partial charge in [-0.3, -0.25) is 9.59 Å². The Morgan fingerprint density at radius 1 is 1.15 bits per heavy atom. The summed E-state index contributed by atoms with van der Waals surface area (Å²) in [6, 6.07) is 0.00273. The Kier molecular flexibility index (Phi) is 5.93. The molecule has 0 spiro atoms. The molecule has 0 saturated carbocycles. The molecule has 13 heavy (non-hydrogen) atoms. The molecule has 1 atom stereocenters. The second kappa shape index (κ2) is 6.46. The first-order valence-corrected chi connectivity index (χ1v) is 4.66. The number of hydrogen-bond donors (Lipinski definition) is 2. The second-order valence-electron chi connectivity index (χ2n) is 2.98. The van der Waals surface area contributed by atoms with E-state index in [0.29, 0.717) is 19.4 Å². The lowest BCUT2D eigenvalue weighted by Gasteiger charge is -2.13. The molecule has 0 fully saturated rings. The van der Waals surface area contributed by atoms with Crippen molar-refractivity contribution in [3.05, 3.63) is 0 Å². The average Bonchev–Trinajstić information content (AvgIpc) is 2.13. The number of hydrogen-bond acceptors (Lipinski definition) is 2. The van der Waals surface area contributed by atoms with Gasteiger partial charge in [0.25, 0.3) is 0 Å². The summed E-state index contributed by atoms with van der Waals surface area (Å²) in [7, 11) is 0. The molecule has 4 heteroatoms. The molecule has 0 aliphatic carbocycles. The predicted octanol–water partition coefficient (Wildman–Crippen LogP) is 0.427. The van der Waals surface area contributed by atoms with Crippen LogP contribution >= 0.6 is 0 Å². The first-order valence-electron chi connectivity index (χ1n) is 4.66. The summed E-state index contributed by atoms with van der Waals surface area (Å²) in [5.41, 5.74) is 0. The molecule has 0 aromatic rings. The van der Waals surface area contributed by atoms with Gasteiger partial charge in [-0.15, -0.1) is 0 Å². The van der Waals surface area contributed by atoms with Gasteiger partial charge in [-0.05, 0) is 6.92 Å². The number of amides is 2. The van der Waals surface area contributed by atoms with E-state index >= 15 is 0 Å². The SMILES string of the molecule is CCC(=O)NCC(C)NC(=O)CC. The summed E-state index contributed by atoms with van der Waals surface area (Å²) in [5.74, 6) is 0.0239. The Morgan fingerprint density at radius 3 is 2.15 bits per heavy atom. The molecule has 0 radical (unpaired) electrons. The van der Waals surface area contributed by atoms with Crippen molar-refractivity contribution in [1.29, 1.82) is 0 Å². The van der Waals surface area contributed by atoms with Gasteiger partial charge >= 0.3 is 0 Å². The maximum Gasteiger partial charge on any atom is 0.219 e. The first kappa shape index (κ1) is 11.9. The van der Waals surface area contributed by atoms with Crippen LogP contribution in [-0.4, -0.2) is 24.4 Å². The molecule has 0 heterocycles. The lowest BCUT2D eigenvalue weighted by Crippen LogP contribution is -2.41. The van der Waals surface area contributed by atoms with E-state index in [4.69, 9.17) is 0 Å². The molecule has 0 saturated heterocycles. The molecule has 1 unspecified atom stereocenters. The van der Waals surface area contributed by atoms with Crippen LogP contribution in [0.2, 0.25) is 0 Å². The summed E-state index contributed by atoms with van der Waals surface area (Å²) in [6.45, 7) is 5.96. The third-order valence-corrected chi connectivity index (χ3v) is 1.66. The first-order chi connectivity index (χ1) is 6.10. The van der Waals surface area contributed by atoms with Gasteiger partial charge in [0.2, 0.25) is 11.8 Å². The zero-order valence-corrected chi connectivity index (χ0v) is 8.52. The predicted molar refractivity (Wildman–Crippen MR) is 51.2 cm³/mol. The van der Waals surface area contributed by atoms with Crippen LogP contribution in [0.25, 0.3) is 0 Å². The van der Waals surface area contributed by atoms with E-state index in [2.05, 4.69) is 10.6 Å². The highest BCUT2D eigenvalue weighted by molar-refractivity contribution is 5.77. The van der Waals surface area contributed by atoms with Crippen LogP contribution in [0.1, 0.15) is 33.6 Å². The molecule has 2 N–H and O–H groups in total. The van der Waals surface area contributed by atoms with Crippen LogP contribution in [0.15, 0.2) is 0 Å². The molecule has 76 valence electrons. The van der Waals surface area contributed by atoms with E-state index in [0.717, 1.165) is 0 Å². The van der Waals surface area contributed by atoms with Crippen molar-refractivity contribution < 1.29 is 9.59 Å². The van der Waals surface area contributed by atoms with Crippen molar-refractivity contribution in [1.82, 2.24) is 10.6 Å². The molecule has 0 bridgehead atoms. The highest BCUT2D eigenvalue weighted by Crippen LogP contribution is 1.83. The van der Waals surface area contributed by atoms with Gasteiger partial charge in [-0.2, -0.15) is 0 Å². The van der Waals surface area contributed by atoms with Gasteiger partial charge in [0.1, 0.15) is 0 Å². The van der Waals surface area contributed by atoms with Crippen LogP contribution in [0, 0.1) is 0 Å². The Hall–Kier alpha value is -1.06. The quantitative estimate of drug-likeness (QED) is 0.654. The van der Waals surface area contributed by atoms with Crippen LogP contribution in [0.4, 0.5) is 0 Å². The Labute approximate surface area is 79.1 Å². The maximum atomic E-state index is 10.9. The Morgan fingerprint density at radius 2 is 1.69 bits per heavy atom. The largest absolute Gasteiger partial charge is 0.354 e. The van der Waals surface area contributed by atoms with Crippen molar-refractivity contribution in [2.45, 2.75) is 39.7 Å². The highest BCUT2D eigenvalue weighted by Gasteiger charge is 2.05. The fourth-order valence-corrected chi connectivity index (χ4v) is 0.820. The number of nitrogens with one attached hydrogen (secondary N) is 2. The number of rotatable bonds is 5. The van der Waals surface area contributed by atoms with Crippen LogP contribution in [-0.2, 0) is 9.59 Å². The Balaban J connectivity index is 3.56. The van der Waals surface area contributed by atoms with E-state index in [9.17, 15) is 9.59 Å². The van der Waals surface area contributed by atoms with E-state index < -0.39 is 0 Å². The minimum atomic E-state index is 0.00273. The lowest BCUT2D eigenvalue weighted by atomic mass is 10.3. The molecule has 0 aromatic heterocycles. The van der Waals surface area contributed by atoms with Crippen LogP contribution < -0.4 is 10.6 Å². The molecule has 0 aliphatic rings. The molecular weight excluding hydrogens is 168 g/mol. The molecule has 4 nitrogen and oxygen atoms in total. The van der Waals surface area contributed by atoms with Crippen LogP contribution in [0.5, 0.6) is 0 Å². The smallest absolute Gasteiger partial charge is 0.219 e. The normalized spacial score (nSPS) is 11.9. The summed E-state index contributed by atoms with van der Waals surface area (Å²) in [4.78, 5) is 21.8. The summed E-state index contributed by atoms with van der Waals surface area (Å²) < 4.78 is 0. The summed E-state index contributed by atoms with van der Waals surface area (Å²) in [5, 5.41) is 5.46. The van der Waals surface area contributed by atoms with Crippen LogP contribution in [0.3, 0.4) is 0 Å². The van der Waals surface area contributed by atoms with E-state index in [1.807, 2.05) is 6.92 Å². The standard InChI is InChI=1S/C9H18N2O2/c1-4-8(12)10-6-7(3)11-9(13)5-2/h7H,4-6H2,1-3H3,(H,10,12)(H,11,13). The van der Waals surface area contributed by atoms with Gasteiger partial charge in [0.05, 0.1) is 0 Å². The lowest BCUT2D eigenvalue weighted by molar-refractivity contribution is -0.123. The monoisotopic (exact) mass is 186 g/mol. The maximum absolute atomic E-state index is 10.9. The third-order valence-electron chi connectivity index (χ3n) is 1.66. The number of carbonyl (C=O) groups is 2. The van der Waals surface area contributed by atoms with E-state index in [1.165, 1.54) is 0 Å². The topological polar surface area (TPSA) is 58.2 Å². The zero-order chi connectivity index (χ0) is 10.3. The molecule has 0 aliphatic heterocycles. The number of carbonyl (C=O) groups excluding carboxylic acids is 2. The Bertz CT molecular complexity index is 180. The molecular formula is C9H18N2O2. The average molecular weight is 186 g/mol. The summed E-state index contributed by atoms with van der Waals surface area (Å²) in [6.07, 6.45) is 0.959. The van der Waals surface area contributed by atoms with Crippen molar-refractivity contribution in [2.75, 3.05) is 6.54 Å². The van der Waals surface area contributed by atoms with Gasteiger partial charge in [0, 0.05) is 25.4 Å². The fraction of sp³-hybridized carbons (Fsp3) is 0.778. The van der Waals surface area contributed by atoms with Crippen molar-refractivity contribution >= 4 is 11.8 Å². The minimum Gasteiger partial charge on any atom is -0.354 e. The second-order valence-corrected chi connectivity index (χ2v) is 2.98. The van der Waals surface area contributed by atoms with Crippen molar-refractivity contribution in [2.24, 2.45) is 0 Å². The van der Waals surface area contributed by atoms with E-state index in [1.54, 1.807) is 13.8 Å². The van der Waals surface area contributed by atoms with Gasteiger partial charge in [-0.25, -0.2) is 0 Å². The third kappa shape index (κ3) is 6.13. The van der Waals surface area contributed by atoms with Gasteiger partial charge in [-0.1, -0.05) is 13.8 Å². The fourth-order valence-electron chi connectivity index (χ4n) is 0.820. The highest BCUT2D eigenvalue weighted by atomic mass is 16.2. The minimum absolute atomic E-state index is 0.00273. The van der Waals surface area contributed by atoms with Crippen molar-refractivity contribution in [3.63, 3.8) is 0 Å². The zero-order valence-electron chi connectivity index (χ0n) is 8.52. The molecule has 2 amide bonds. The summed E-state index contributed by atoms with van der Waals surface area (Å²) >= 11 is 0. The van der Waals surface area contributed by atoms with Gasteiger partial charge in [0.15, 0.2) is 0 Å². The van der Waals surface area contributed by atoms with E-state index in [-0.39, 0.29) is 17.9 Å². The molecule has 0 rings (SSSR count). The molecule has 0 aromatic carbocycles. The van der Waals surface area contributed by atoms with Crippen molar-refractivity contribution in [3.8, 4) is 0 Å². The van der Waals surface area contributed by atoms with Gasteiger partial charge < -0.3 is 10.6 Å².